The van der Waals surface area contributed by atoms with Gasteiger partial charge in [0.15, 0.2) is 11.6 Å². The van der Waals surface area contributed by atoms with Gasteiger partial charge in [-0.2, -0.15) is 0 Å². The molecule has 0 aromatic heterocycles. The molecule has 1 aromatic carbocycles. The smallest absolute Gasteiger partial charge is 0.161 e. The molecule has 0 bridgehead atoms. The third kappa shape index (κ3) is 3.34. The van der Waals surface area contributed by atoms with Crippen LogP contribution in [0, 0.1) is 23.4 Å². The lowest BCUT2D eigenvalue weighted by Gasteiger charge is -2.27. The second-order valence-electron chi connectivity index (χ2n) is 6.37. The molecule has 1 nitrogen and oxygen atoms in total. The van der Waals surface area contributed by atoms with Crippen molar-refractivity contribution in [1.29, 1.82) is 0 Å². The first-order chi connectivity index (χ1) is 11.9. The molecular weight excluding hydrogens is 323 g/mol. The SMILES string of the molecule is C=C1C=CC(C2=C(c3cc(F)c(F)cc3F)CC(C)C=C2)=CN1CC. The predicted molar refractivity (Wildman–Crippen MR) is 94.9 cm³/mol. The molecule has 25 heavy (non-hydrogen) atoms. The summed E-state index contributed by atoms with van der Waals surface area (Å²) in [5, 5.41) is 0. The molecule has 0 saturated carbocycles. The normalized spacial score (nSPS) is 20.4. The summed E-state index contributed by atoms with van der Waals surface area (Å²) in [5.41, 5.74) is 3.40. The number of hydrogen-bond acceptors (Lipinski definition) is 1. The second kappa shape index (κ2) is 6.79. The molecule has 1 aromatic rings. The highest BCUT2D eigenvalue weighted by Crippen LogP contribution is 2.38. The maximum Gasteiger partial charge on any atom is 0.161 e. The second-order valence-corrected chi connectivity index (χ2v) is 6.37. The van der Waals surface area contributed by atoms with Crippen molar-refractivity contribution in [1.82, 2.24) is 4.90 Å². The molecule has 1 aliphatic heterocycles. The monoisotopic (exact) mass is 343 g/mol. The zero-order valence-electron chi connectivity index (χ0n) is 14.3. The van der Waals surface area contributed by atoms with Crippen LogP contribution in [0.2, 0.25) is 0 Å². The average Bonchev–Trinajstić information content (AvgIpc) is 2.59. The minimum atomic E-state index is -1.17. The largest absolute Gasteiger partial charge is 0.348 e. The van der Waals surface area contributed by atoms with Crippen LogP contribution in [0.25, 0.3) is 5.57 Å². The number of allylic oxidation sites excluding steroid dienone is 7. The van der Waals surface area contributed by atoms with E-state index in [-0.39, 0.29) is 11.5 Å². The number of benzene rings is 1. The van der Waals surface area contributed by atoms with E-state index in [4.69, 9.17) is 0 Å². The Bertz CT molecular complexity index is 843. The maximum absolute atomic E-state index is 14.4. The highest BCUT2D eigenvalue weighted by molar-refractivity contribution is 5.78. The van der Waals surface area contributed by atoms with E-state index in [9.17, 15) is 13.2 Å². The first-order valence-electron chi connectivity index (χ1n) is 8.32. The zero-order valence-corrected chi connectivity index (χ0v) is 14.3. The lowest BCUT2D eigenvalue weighted by atomic mass is 9.83. The van der Waals surface area contributed by atoms with Crippen LogP contribution in [-0.4, -0.2) is 11.4 Å². The summed E-state index contributed by atoms with van der Waals surface area (Å²) in [6.07, 6.45) is 10.3. The van der Waals surface area contributed by atoms with Gasteiger partial charge < -0.3 is 4.90 Å². The molecule has 3 rings (SSSR count). The van der Waals surface area contributed by atoms with Crippen LogP contribution in [0.5, 0.6) is 0 Å². The van der Waals surface area contributed by atoms with Gasteiger partial charge in [0.05, 0.1) is 0 Å². The first-order valence-corrected chi connectivity index (χ1v) is 8.32. The molecule has 0 spiro atoms. The van der Waals surface area contributed by atoms with Gasteiger partial charge in [0, 0.05) is 30.1 Å². The molecule has 0 saturated heterocycles. The summed E-state index contributed by atoms with van der Waals surface area (Å²) < 4.78 is 41.4. The molecule has 1 heterocycles. The van der Waals surface area contributed by atoms with Gasteiger partial charge >= 0.3 is 0 Å². The summed E-state index contributed by atoms with van der Waals surface area (Å²) in [6, 6.07) is 1.57. The number of likely N-dealkylation sites (N-methyl/N-ethyl adjacent to an activating group) is 1. The molecule has 4 heteroatoms. The Balaban J connectivity index is 2.16. The van der Waals surface area contributed by atoms with Crippen molar-refractivity contribution < 1.29 is 13.2 Å². The van der Waals surface area contributed by atoms with Crippen molar-refractivity contribution >= 4 is 5.57 Å². The molecule has 0 amide bonds. The fraction of sp³-hybridized carbons (Fsp3) is 0.238. The van der Waals surface area contributed by atoms with Gasteiger partial charge in [-0.1, -0.05) is 31.7 Å². The van der Waals surface area contributed by atoms with Gasteiger partial charge in [0.1, 0.15) is 5.82 Å². The van der Waals surface area contributed by atoms with E-state index in [1.807, 2.05) is 49.3 Å². The van der Waals surface area contributed by atoms with E-state index in [2.05, 4.69) is 6.58 Å². The van der Waals surface area contributed by atoms with Gasteiger partial charge in [-0.15, -0.1) is 0 Å². The van der Waals surface area contributed by atoms with Crippen molar-refractivity contribution in [3.63, 3.8) is 0 Å². The summed E-state index contributed by atoms with van der Waals surface area (Å²) in [5.74, 6) is -2.77. The predicted octanol–water partition coefficient (Wildman–Crippen LogP) is 5.74. The molecule has 0 radical (unpaired) electrons. The Morgan fingerprint density at radius 3 is 2.52 bits per heavy atom. The van der Waals surface area contributed by atoms with Crippen molar-refractivity contribution in [3.8, 4) is 0 Å². The third-order valence-corrected chi connectivity index (χ3v) is 4.55. The summed E-state index contributed by atoms with van der Waals surface area (Å²) in [6.45, 7) is 8.76. The quantitative estimate of drug-likeness (QED) is 0.632. The summed E-state index contributed by atoms with van der Waals surface area (Å²) >= 11 is 0. The van der Waals surface area contributed by atoms with E-state index < -0.39 is 17.5 Å². The third-order valence-electron chi connectivity index (χ3n) is 4.55. The molecule has 0 N–H and O–H groups in total. The lowest BCUT2D eigenvalue weighted by molar-refractivity contribution is 0.493. The van der Waals surface area contributed by atoms with Crippen LogP contribution in [0.4, 0.5) is 13.2 Å². The Hall–Kier alpha value is -2.49. The summed E-state index contributed by atoms with van der Waals surface area (Å²) in [4.78, 5) is 1.99. The zero-order chi connectivity index (χ0) is 18.1. The van der Waals surface area contributed by atoms with Crippen molar-refractivity contribution in [2.75, 3.05) is 6.54 Å². The topological polar surface area (TPSA) is 3.24 Å². The van der Waals surface area contributed by atoms with Crippen LogP contribution < -0.4 is 0 Å². The van der Waals surface area contributed by atoms with E-state index >= 15 is 0 Å². The number of rotatable bonds is 3. The van der Waals surface area contributed by atoms with Crippen LogP contribution in [0.15, 0.2) is 66.1 Å². The van der Waals surface area contributed by atoms with E-state index in [0.29, 0.717) is 18.1 Å². The Morgan fingerprint density at radius 1 is 1.08 bits per heavy atom. The maximum atomic E-state index is 14.4. The highest BCUT2D eigenvalue weighted by atomic mass is 19.2. The van der Waals surface area contributed by atoms with Crippen molar-refractivity contribution in [3.05, 3.63) is 89.1 Å². The van der Waals surface area contributed by atoms with Gasteiger partial charge in [0.2, 0.25) is 0 Å². The van der Waals surface area contributed by atoms with E-state index in [1.54, 1.807) is 0 Å². The van der Waals surface area contributed by atoms with Gasteiger partial charge in [-0.3, -0.25) is 0 Å². The molecule has 130 valence electrons. The molecule has 1 unspecified atom stereocenters. The van der Waals surface area contributed by atoms with Gasteiger partial charge in [-0.25, -0.2) is 13.2 Å². The standard InChI is InChI=1S/C21H20F3N/c1-4-25-12-15(7-6-14(25)3)16-8-5-13(2)9-17(16)18-10-20(23)21(24)11-19(18)22/h5-8,10-13H,3-4,9H2,1-2H3. The fourth-order valence-electron chi connectivity index (χ4n) is 3.17. The van der Waals surface area contributed by atoms with Crippen LogP contribution >= 0.6 is 0 Å². The molecule has 0 fully saturated rings. The minimum absolute atomic E-state index is 0.117. The highest BCUT2D eigenvalue weighted by Gasteiger charge is 2.22. The minimum Gasteiger partial charge on any atom is -0.348 e. The van der Waals surface area contributed by atoms with Crippen LogP contribution in [0.3, 0.4) is 0 Å². The summed E-state index contributed by atoms with van der Waals surface area (Å²) in [7, 11) is 0. The molecule has 1 atom stereocenters. The molecule has 2 aliphatic rings. The van der Waals surface area contributed by atoms with E-state index in [0.717, 1.165) is 29.5 Å². The van der Waals surface area contributed by atoms with Crippen LogP contribution in [0.1, 0.15) is 25.8 Å². The van der Waals surface area contributed by atoms with E-state index in [1.165, 1.54) is 0 Å². The Morgan fingerprint density at radius 2 is 1.80 bits per heavy atom. The van der Waals surface area contributed by atoms with Crippen molar-refractivity contribution in [2.24, 2.45) is 5.92 Å². The number of nitrogens with zero attached hydrogens (tertiary/aromatic N) is 1. The van der Waals surface area contributed by atoms with Gasteiger partial charge in [-0.05, 0) is 48.1 Å². The first kappa shape index (κ1) is 17.3. The Kier molecular flexibility index (Phi) is 4.71. The fourth-order valence-corrected chi connectivity index (χ4v) is 3.17. The van der Waals surface area contributed by atoms with Crippen LogP contribution in [-0.2, 0) is 0 Å². The average molecular weight is 343 g/mol. The lowest BCUT2D eigenvalue weighted by Crippen LogP contribution is -2.18. The Labute approximate surface area is 146 Å². The van der Waals surface area contributed by atoms with Crippen molar-refractivity contribution in [2.45, 2.75) is 20.3 Å². The molecular formula is C21H20F3N. The number of hydrogen-bond donors (Lipinski definition) is 0. The number of halogens is 3. The van der Waals surface area contributed by atoms with Gasteiger partial charge in [0.25, 0.3) is 0 Å². The molecule has 1 aliphatic carbocycles.